The topological polar surface area (TPSA) is 107 Å². The van der Waals surface area contributed by atoms with E-state index in [1.807, 2.05) is 66.9 Å². The summed E-state index contributed by atoms with van der Waals surface area (Å²) in [7, 11) is 1.64. The molecule has 0 radical (unpaired) electrons. The van der Waals surface area contributed by atoms with Crippen LogP contribution in [-0.4, -0.2) is 54.2 Å². The van der Waals surface area contributed by atoms with Gasteiger partial charge in [0.1, 0.15) is 5.75 Å². The lowest BCUT2D eigenvalue weighted by atomic mass is 9.93. The molecule has 2 atom stereocenters. The highest BCUT2D eigenvalue weighted by molar-refractivity contribution is 6.08. The number of ether oxygens (including phenoxy) is 1. The number of rotatable bonds is 12. The van der Waals surface area contributed by atoms with Gasteiger partial charge in [-0.2, -0.15) is 0 Å². The van der Waals surface area contributed by atoms with E-state index in [4.69, 9.17) is 4.74 Å². The maximum Gasteiger partial charge on any atom is 0.251 e. The zero-order chi connectivity index (χ0) is 30.6. The number of aromatic amines is 1. The number of hydrogen-bond acceptors (Lipinski definition) is 5. The fraction of sp³-hybridized carbons (Fsp3) is 0.371. The fourth-order valence-electron chi connectivity index (χ4n) is 5.83. The molecule has 3 aromatic carbocycles. The van der Waals surface area contributed by atoms with Crippen molar-refractivity contribution < 1.29 is 19.4 Å². The number of carbonyl (C=O) groups is 2. The molecule has 2 heterocycles. The molecule has 0 bridgehead atoms. The van der Waals surface area contributed by atoms with E-state index < -0.39 is 17.7 Å². The van der Waals surface area contributed by atoms with Crippen LogP contribution >= 0.6 is 0 Å². The molecule has 0 aliphatic carbocycles. The van der Waals surface area contributed by atoms with Crippen LogP contribution in [0.25, 0.3) is 10.9 Å². The summed E-state index contributed by atoms with van der Waals surface area (Å²) >= 11 is 0. The number of benzene rings is 3. The first kappa shape index (κ1) is 30.3. The highest BCUT2D eigenvalue weighted by Gasteiger charge is 2.29. The van der Waals surface area contributed by atoms with E-state index in [-0.39, 0.29) is 18.4 Å². The van der Waals surface area contributed by atoms with Crippen LogP contribution in [0.3, 0.4) is 0 Å². The minimum atomic E-state index is -0.879. The van der Waals surface area contributed by atoms with Gasteiger partial charge in [-0.15, -0.1) is 0 Å². The number of amides is 2. The van der Waals surface area contributed by atoms with Gasteiger partial charge in [-0.05, 0) is 74.1 Å². The second-order valence-corrected chi connectivity index (χ2v) is 11.8. The minimum Gasteiger partial charge on any atom is -0.497 e. The third kappa shape index (κ3) is 6.76. The predicted molar refractivity (Wildman–Crippen MR) is 171 cm³/mol. The van der Waals surface area contributed by atoms with Gasteiger partial charge in [0.05, 0.1) is 30.5 Å². The Kier molecular flexibility index (Phi) is 9.18. The summed E-state index contributed by atoms with van der Waals surface area (Å²) in [5.74, 6) is 0.543. The summed E-state index contributed by atoms with van der Waals surface area (Å²) in [5.41, 5.74) is 4.73. The second-order valence-electron chi connectivity index (χ2n) is 11.8. The average Bonchev–Trinajstić information content (AvgIpc) is 3.65. The minimum absolute atomic E-state index is 0.0635. The third-order valence-corrected chi connectivity index (χ3v) is 8.49. The molecule has 1 aliphatic heterocycles. The Hall–Kier alpha value is -4.14. The lowest BCUT2D eigenvalue weighted by Crippen LogP contribution is -2.51. The molecular weight excluding hydrogens is 540 g/mol. The molecule has 0 unspecified atom stereocenters. The van der Waals surface area contributed by atoms with Crippen LogP contribution in [0, 0.1) is 0 Å². The Morgan fingerprint density at radius 2 is 1.91 bits per heavy atom. The molecule has 43 heavy (non-hydrogen) atoms. The van der Waals surface area contributed by atoms with Gasteiger partial charge in [0, 0.05) is 42.2 Å². The maximum atomic E-state index is 13.9. The zero-order valence-electron chi connectivity index (χ0n) is 25.4. The summed E-state index contributed by atoms with van der Waals surface area (Å²) < 4.78 is 5.40. The van der Waals surface area contributed by atoms with Crippen LogP contribution in [0.1, 0.15) is 60.7 Å². The number of aliphatic hydroxyl groups is 1. The Bertz CT molecular complexity index is 1580. The SMILES string of the molecule is CCc1c[nH]c2c(N3CCCC3=O)cc(C(=O)N[C@@H](Cc3ccccc3)[C@H](O)CNC(C)(C)c3cccc(OC)c3)cc12. The number of aromatic nitrogens is 1. The number of carbonyl (C=O) groups excluding carboxylic acids is 2. The molecule has 0 saturated carbocycles. The summed E-state index contributed by atoms with van der Waals surface area (Å²) in [6.07, 6.45) is 3.62. The van der Waals surface area contributed by atoms with Crippen LogP contribution < -0.4 is 20.3 Å². The van der Waals surface area contributed by atoms with Crippen molar-refractivity contribution in [2.75, 3.05) is 25.1 Å². The number of hydrogen-bond donors (Lipinski definition) is 4. The number of methoxy groups -OCH3 is 1. The lowest BCUT2D eigenvalue weighted by Gasteiger charge is -2.31. The van der Waals surface area contributed by atoms with E-state index in [2.05, 4.69) is 36.4 Å². The lowest BCUT2D eigenvalue weighted by molar-refractivity contribution is -0.117. The van der Waals surface area contributed by atoms with Gasteiger partial charge in [-0.3, -0.25) is 9.59 Å². The molecule has 4 N–H and O–H groups in total. The van der Waals surface area contributed by atoms with Gasteiger partial charge in [0.15, 0.2) is 0 Å². The summed E-state index contributed by atoms with van der Waals surface area (Å²) in [5, 5.41) is 19.1. The van der Waals surface area contributed by atoms with E-state index in [0.717, 1.165) is 51.9 Å². The van der Waals surface area contributed by atoms with E-state index in [1.165, 1.54) is 0 Å². The van der Waals surface area contributed by atoms with Crippen molar-refractivity contribution in [3.8, 4) is 5.75 Å². The highest BCUT2D eigenvalue weighted by atomic mass is 16.5. The largest absolute Gasteiger partial charge is 0.497 e. The van der Waals surface area contributed by atoms with Crippen LogP contribution in [0.15, 0.2) is 72.9 Å². The van der Waals surface area contributed by atoms with E-state index in [9.17, 15) is 14.7 Å². The Labute approximate surface area is 253 Å². The first-order valence-electron chi connectivity index (χ1n) is 15.1. The molecule has 8 heteroatoms. The molecule has 1 aromatic heterocycles. The summed E-state index contributed by atoms with van der Waals surface area (Å²) in [4.78, 5) is 31.7. The summed E-state index contributed by atoms with van der Waals surface area (Å²) in [6.45, 7) is 7.06. The Morgan fingerprint density at radius 1 is 1.12 bits per heavy atom. The molecule has 226 valence electrons. The van der Waals surface area contributed by atoms with Gasteiger partial charge < -0.3 is 30.4 Å². The number of aliphatic hydroxyl groups excluding tert-OH is 1. The zero-order valence-corrected chi connectivity index (χ0v) is 25.4. The highest BCUT2D eigenvalue weighted by Crippen LogP contribution is 2.33. The van der Waals surface area contributed by atoms with E-state index >= 15 is 0 Å². The smallest absolute Gasteiger partial charge is 0.251 e. The Morgan fingerprint density at radius 3 is 2.60 bits per heavy atom. The maximum absolute atomic E-state index is 13.9. The molecule has 2 amide bonds. The van der Waals surface area contributed by atoms with Crippen LogP contribution in [-0.2, 0) is 23.2 Å². The Balaban J connectivity index is 1.40. The van der Waals surface area contributed by atoms with Crippen LogP contribution in [0.4, 0.5) is 5.69 Å². The predicted octanol–water partition coefficient (Wildman–Crippen LogP) is 5.09. The summed E-state index contributed by atoms with van der Waals surface area (Å²) in [6, 6.07) is 20.8. The first-order chi connectivity index (χ1) is 20.7. The van der Waals surface area contributed by atoms with Gasteiger partial charge in [-0.1, -0.05) is 49.4 Å². The molecule has 5 rings (SSSR count). The molecule has 1 aliphatic rings. The number of nitrogens with zero attached hydrogens (tertiary/aromatic N) is 1. The first-order valence-corrected chi connectivity index (χ1v) is 15.1. The van der Waals surface area contributed by atoms with Crippen molar-refractivity contribution in [1.29, 1.82) is 0 Å². The van der Waals surface area contributed by atoms with Gasteiger partial charge in [0.2, 0.25) is 5.91 Å². The van der Waals surface area contributed by atoms with Crippen molar-refractivity contribution in [3.63, 3.8) is 0 Å². The van der Waals surface area contributed by atoms with Crippen molar-refractivity contribution in [1.82, 2.24) is 15.6 Å². The number of nitrogens with one attached hydrogen (secondary N) is 3. The average molecular weight is 583 g/mol. The monoisotopic (exact) mass is 582 g/mol. The third-order valence-electron chi connectivity index (χ3n) is 8.49. The van der Waals surface area contributed by atoms with E-state index in [1.54, 1.807) is 18.1 Å². The van der Waals surface area contributed by atoms with Crippen molar-refractivity contribution in [2.45, 2.75) is 64.1 Å². The number of aryl methyl sites for hydroxylation is 1. The van der Waals surface area contributed by atoms with Gasteiger partial charge in [0.25, 0.3) is 5.91 Å². The van der Waals surface area contributed by atoms with Crippen molar-refractivity contribution >= 4 is 28.4 Å². The molecule has 0 spiro atoms. The second kappa shape index (κ2) is 13.0. The van der Waals surface area contributed by atoms with Crippen molar-refractivity contribution in [2.24, 2.45) is 0 Å². The molecule has 1 fully saturated rings. The normalized spacial score (nSPS) is 15.1. The quantitative estimate of drug-likeness (QED) is 0.186. The number of H-pyrrole nitrogens is 1. The van der Waals surface area contributed by atoms with Crippen LogP contribution in [0.2, 0.25) is 0 Å². The van der Waals surface area contributed by atoms with Crippen molar-refractivity contribution in [3.05, 3.63) is 95.2 Å². The molecule has 4 aromatic rings. The molecular formula is C35H42N4O4. The standard InChI is InChI=1S/C35H42N4O4/c1-5-24-21-36-33-28(24)18-25(19-30(33)39-16-10-15-32(39)41)34(42)38-29(17-23-11-7-6-8-12-23)31(40)22-37-35(2,3)26-13-9-14-27(20-26)43-4/h6-9,11-14,18-21,29,31,36-37,40H,5,10,15-17,22H2,1-4H3,(H,38,42)/t29-,31+/m0/s1. The number of fused-ring (bicyclic) bond motifs is 1. The van der Waals surface area contributed by atoms with Crippen LogP contribution in [0.5, 0.6) is 5.75 Å². The molecule has 8 nitrogen and oxygen atoms in total. The van der Waals surface area contributed by atoms with Gasteiger partial charge >= 0.3 is 0 Å². The van der Waals surface area contributed by atoms with E-state index in [0.29, 0.717) is 24.9 Å². The fourth-order valence-corrected chi connectivity index (χ4v) is 5.83. The van der Waals surface area contributed by atoms with Gasteiger partial charge in [-0.25, -0.2) is 0 Å². The molecule has 1 saturated heterocycles. The number of anilines is 1.